The van der Waals surface area contributed by atoms with Crippen molar-refractivity contribution in [1.29, 1.82) is 0 Å². The Balaban J connectivity index is 1.69. The molecule has 1 amide bonds. The van der Waals surface area contributed by atoms with Crippen LogP contribution in [-0.2, 0) is 11.2 Å². The van der Waals surface area contributed by atoms with Gasteiger partial charge in [-0.2, -0.15) is 0 Å². The summed E-state index contributed by atoms with van der Waals surface area (Å²) in [6, 6.07) is 8.78. The summed E-state index contributed by atoms with van der Waals surface area (Å²) in [4.78, 5) is 16.8. The van der Waals surface area contributed by atoms with Gasteiger partial charge < -0.3 is 10.2 Å². The second-order valence-electron chi connectivity index (χ2n) is 5.87. The molecule has 3 rings (SSSR count). The van der Waals surface area contributed by atoms with E-state index >= 15 is 0 Å². The Morgan fingerprint density at radius 1 is 1.35 bits per heavy atom. The molecule has 4 nitrogen and oxygen atoms in total. The van der Waals surface area contributed by atoms with Crippen LogP contribution in [0.3, 0.4) is 0 Å². The number of aryl methyl sites for hydroxylation is 1. The molecule has 0 aliphatic carbocycles. The summed E-state index contributed by atoms with van der Waals surface area (Å²) in [5.41, 5.74) is 2.42. The number of benzene rings is 1. The highest BCUT2D eigenvalue weighted by Crippen LogP contribution is 2.26. The van der Waals surface area contributed by atoms with Crippen LogP contribution in [0, 0.1) is 0 Å². The van der Waals surface area contributed by atoms with E-state index in [4.69, 9.17) is 0 Å². The number of carbonyl (C=O) groups excluding carboxylic acids is 1. The summed E-state index contributed by atoms with van der Waals surface area (Å²) in [5, 5.41) is 3.41. The number of piperazine rings is 1. The Hall–Kier alpha value is -1.39. The first-order valence-electron chi connectivity index (χ1n) is 7.58. The fourth-order valence-electron chi connectivity index (χ4n) is 3.23. The Labute approximate surface area is 120 Å². The van der Waals surface area contributed by atoms with Crippen molar-refractivity contribution >= 4 is 11.6 Å². The van der Waals surface area contributed by atoms with Gasteiger partial charge in [0.05, 0.1) is 6.54 Å². The molecular weight excluding hydrogens is 250 g/mol. The molecule has 1 aromatic carbocycles. The lowest BCUT2D eigenvalue weighted by Gasteiger charge is -2.35. The van der Waals surface area contributed by atoms with Crippen LogP contribution in [0.2, 0.25) is 0 Å². The Bertz CT molecular complexity index is 488. The monoisotopic (exact) mass is 273 g/mol. The van der Waals surface area contributed by atoms with Gasteiger partial charge in [0.25, 0.3) is 0 Å². The third-order valence-electron chi connectivity index (χ3n) is 4.22. The number of nitrogens with zero attached hydrogens (tertiary/aromatic N) is 2. The van der Waals surface area contributed by atoms with Crippen LogP contribution >= 0.6 is 0 Å². The van der Waals surface area contributed by atoms with Crippen LogP contribution < -0.4 is 10.2 Å². The largest absolute Gasteiger partial charge is 0.312 e. The average molecular weight is 273 g/mol. The van der Waals surface area contributed by atoms with Crippen molar-refractivity contribution in [2.45, 2.75) is 25.8 Å². The van der Waals surface area contributed by atoms with E-state index in [1.54, 1.807) is 0 Å². The smallest absolute Gasteiger partial charge is 0.241 e. The maximum atomic E-state index is 12.6. The SMILES string of the molecule is C[C@H]1CN(CC(=O)N2CCCc3ccccc32)CCN1. The van der Waals surface area contributed by atoms with Gasteiger partial charge in [-0.1, -0.05) is 18.2 Å². The molecule has 1 aromatic rings. The van der Waals surface area contributed by atoms with Crippen LogP contribution in [0.25, 0.3) is 0 Å². The van der Waals surface area contributed by atoms with Gasteiger partial charge >= 0.3 is 0 Å². The van der Waals surface area contributed by atoms with E-state index in [2.05, 4.69) is 35.3 Å². The molecule has 2 heterocycles. The van der Waals surface area contributed by atoms with Gasteiger partial charge in [-0.05, 0) is 31.4 Å². The Morgan fingerprint density at radius 3 is 3.05 bits per heavy atom. The highest BCUT2D eigenvalue weighted by atomic mass is 16.2. The number of anilines is 1. The fraction of sp³-hybridized carbons (Fsp3) is 0.562. The van der Waals surface area contributed by atoms with Gasteiger partial charge in [-0.15, -0.1) is 0 Å². The first-order valence-corrected chi connectivity index (χ1v) is 7.58. The molecule has 2 aliphatic rings. The number of rotatable bonds is 2. The molecule has 1 atom stereocenters. The number of amides is 1. The maximum Gasteiger partial charge on any atom is 0.241 e. The molecule has 4 heteroatoms. The molecule has 1 N–H and O–H groups in total. The molecule has 0 aromatic heterocycles. The Kier molecular flexibility index (Phi) is 4.03. The van der Waals surface area contributed by atoms with E-state index in [9.17, 15) is 4.79 Å². The van der Waals surface area contributed by atoms with Crippen molar-refractivity contribution < 1.29 is 4.79 Å². The lowest BCUT2D eigenvalue weighted by Crippen LogP contribution is -2.52. The van der Waals surface area contributed by atoms with Crippen LogP contribution in [0.5, 0.6) is 0 Å². The van der Waals surface area contributed by atoms with Crippen LogP contribution in [-0.4, -0.2) is 49.6 Å². The van der Waals surface area contributed by atoms with Gasteiger partial charge in [0.2, 0.25) is 5.91 Å². The molecule has 0 unspecified atom stereocenters. The number of carbonyl (C=O) groups is 1. The average Bonchev–Trinajstić information content (AvgIpc) is 2.46. The normalized spacial score (nSPS) is 23.4. The molecule has 0 saturated carbocycles. The quantitative estimate of drug-likeness (QED) is 0.881. The standard InChI is InChI=1S/C16H23N3O/c1-13-11-18(10-8-17-13)12-16(20)19-9-4-6-14-5-2-3-7-15(14)19/h2-3,5,7,13,17H,4,6,8-12H2,1H3/t13-/m0/s1. The second kappa shape index (κ2) is 5.94. The minimum Gasteiger partial charge on any atom is -0.312 e. The summed E-state index contributed by atoms with van der Waals surface area (Å²) in [5.74, 6) is 0.242. The van der Waals surface area contributed by atoms with Crippen molar-refractivity contribution in [1.82, 2.24) is 10.2 Å². The predicted molar refractivity (Wildman–Crippen MR) is 81.0 cm³/mol. The molecule has 108 valence electrons. The van der Waals surface area contributed by atoms with Crippen LogP contribution in [0.4, 0.5) is 5.69 Å². The fourth-order valence-corrected chi connectivity index (χ4v) is 3.23. The van der Waals surface area contributed by atoms with E-state index in [0.717, 1.165) is 44.7 Å². The number of para-hydroxylation sites is 1. The zero-order chi connectivity index (χ0) is 13.9. The molecule has 1 fully saturated rings. The van der Waals surface area contributed by atoms with Crippen molar-refractivity contribution in [3.05, 3.63) is 29.8 Å². The molecule has 2 aliphatic heterocycles. The van der Waals surface area contributed by atoms with Gasteiger partial charge in [0, 0.05) is 37.9 Å². The third-order valence-corrected chi connectivity index (χ3v) is 4.22. The number of hydrogen-bond donors (Lipinski definition) is 1. The zero-order valence-corrected chi connectivity index (χ0v) is 12.1. The summed E-state index contributed by atoms with van der Waals surface area (Å²) in [7, 11) is 0. The van der Waals surface area contributed by atoms with E-state index < -0.39 is 0 Å². The maximum absolute atomic E-state index is 12.6. The van der Waals surface area contributed by atoms with Crippen molar-refractivity contribution in [3.63, 3.8) is 0 Å². The molecule has 0 bridgehead atoms. The van der Waals surface area contributed by atoms with Crippen molar-refractivity contribution in [2.75, 3.05) is 37.6 Å². The van der Waals surface area contributed by atoms with Gasteiger partial charge in [0.1, 0.15) is 0 Å². The number of fused-ring (bicyclic) bond motifs is 1. The van der Waals surface area contributed by atoms with E-state index in [1.807, 2.05) is 11.0 Å². The second-order valence-corrected chi connectivity index (χ2v) is 5.87. The zero-order valence-electron chi connectivity index (χ0n) is 12.1. The molecule has 0 radical (unpaired) electrons. The number of hydrogen-bond acceptors (Lipinski definition) is 3. The topological polar surface area (TPSA) is 35.6 Å². The van der Waals surface area contributed by atoms with Gasteiger partial charge in [0.15, 0.2) is 0 Å². The molecule has 20 heavy (non-hydrogen) atoms. The molecule has 1 saturated heterocycles. The van der Waals surface area contributed by atoms with Gasteiger partial charge in [-0.3, -0.25) is 9.69 Å². The summed E-state index contributed by atoms with van der Waals surface area (Å²) in [6.07, 6.45) is 2.16. The minimum atomic E-state index is 0.242. The van der Waals surface area contributed by atoms with Crippen LogP contribution in [0.15, 0.2) is 24.3 Å². The minimum absolute atomic E-state index is 0.242. The lowest BCUT2D eigenvalue weighted by atomic mass is 10.0. The van der Waals surface area contributed by atoms with E-state index in [0.29, 0.717) is 12.6 Å². The lowest BCUT2D eigenvalue weighted by molar-refractivity contribution is -0.120. The Morgan fingerprint density at radius 2 is 2.20 bits per heavy atom. The molecular formula is C16H23N3O. The highest BCUT2D eigenvalue weighted by molar-refractivity contribution is 5.95. The first-order chi connectivity index (χ1) is 9.74. The first kappa shape index (κ1) is 13.6. The van der Waals surface area contributed by atoms with Crippen LogP contribution in [0.1, 0.15) is 18.9 Å². The summed E-state index contributed by atoms with van der Waals surface area (Å²) < 4.78 is 0. The van der Waals surface area contributed by atoms with Crippen molar-refractivity contribution in [2.24, 2.45) is 0 Å². The third kappa shape index (κ3) is 2.86. The van der Waals surface area contributed by atoms with E-state index in [1.165, 1.54) is 5.56 Å². The predicted octanol–water partition coefficient (Wildman–Crippen LogP) is 1.26. The molecule has 0 spiro atoms. The van der Waals surface area contributed by atoms with Gasteiger partial charge in [-0.25, -0.2) is 0 Å². The van der Waals surface area contributed by atoms with Crippen molar-refractivity contribution in [3.8, 4) is 0 Å². The van der Waals surface area contributed by atoms with E-state index in [-0.39, 0.29) is 5.91 Å². The number of nitrogens with one attached hydrogen (secondary N) is 1. The highest BCUT2D eigenvalue weighted by Gasteiger charge is 2.25. The summed E-state index contributed by atoms with van der Waals surface area (Å²) >= 11 is 0. The summed E-state index contributed by atoms with van der Waals surface area (Å²) in [6.45, 7) is 6.47.